The number of aliphatic hydroxyl groups is 2. The van der Waals surface area contributed by atoms with Crippen molar-refractivity contribution in [3.63, 3.8) is 0 Å². The number of nitrogens with zero attached hydrogens (tertiary/aromatic N) is 1. The van der Waals surface area contributed by atoms with Gasteiger partial charge < -0.3 is 20.3 Å². The van der Waals surface area contributed by atoms with Crippen LogP contribution in [0.25, 0.3) is 11.1 Å². The van der Waals surface area contributed by atoms with Crippen LogP contribution in [0.2, 0.25) is 0 Å². The van der Waals surface area contributed by atoms with Crippen LogP contribution >= 0.6 is 0 Å². The normalized spacial score (nSPS) is 13.9. The van der Waals surface area contributed by atoms with Gasteiger partial charge in [-0.15, -0.1) is 0 Å². The Kier molecular flexibility index (Phi) is 7.19. The van der Waals surface area contributed by atoms with Gasteiger partial charge in [-0.2, -0.15) is 0 Å². The highest BCUT2D eigenvalue weighted by atomic mass is 16.6. The summed E-state index contributed by atoms with van der Waals surface area (Å²) in [5, 5.41) is 34.3. The highest BCUT2D eigenvalue weighted by Crippen LogP contribution is 2.44. The maximum atomic E-state index is 12.3. The number of ether oxygens (including phenoxy) is 1. The van der Waals surface area contributed by atoms with E-state index in [0.717, 1.165) is 34.4 Å². The lowest BCUT2D eigenvalue weighted by molar-refractivity contribution is -0.385. The third-order valence-electron chi connectivity index (χ3n) is 6.07. The zero-order valence-electron chi connectivity index (χ0n) is 18.7. The van der Waals surface area contributed by atoms with Gasteiger partial charge in [0, 0.05) is 30.2 Å². The van der Waals surface area contributed by atoms with Crippen LogP contribution in [0.15, 0.2) is 66.7 Å². The lowest BCUT2D eigenvalue weighted by Gasteiger charge is -2.19. The van der Waals surface area contributed by atoms with E-state index in [9.17, 15) is 29.9 Å². The van der Waals surface area contributed by atoms with Crippen LogP contribution in [0.4, 0.5) is 10.5 Å². The summed E-state index contributed by atoms with van der Waals surface area (Å²) in [6.07, 6.45) is -3.07. The van der Waals surface area contributed by atoms with Crippen molar-refractivity contribution in [2.45, 2.75) is 24.5 Å². The number of amides is 1. The van der Waals surface area contributed by atoms with E-state index in [1.54, 1.807) is 0 Å². The molecule has 2 atom stereocenters. The molecule has 0 aliphatic heterocycles. The Labute approximate surface area is 201 Å². The van der Waals surface area contributed by atoms with Crippen molar-refractivity contribution in [2.75, 3.05) is 13.2 Å². The summed E-state index contributed by atoms with van der Waals surface area (Å²) in [4.78, 5) is 33.6. The van der Waals surface area contributed by atoms with Crippen LogP contribution in [0.3, 0.4) is 0 Å². The van der Waals surface area contributed by atoms with E-state index in [1.165, 1.54) is 6.07 Å². The number of carbonyl (C=O) groups is 2. The number of nitro groups is 1. The number of carbonyl (C=O) groups excluding carboxylic acids is 2. The zero-order chi connectivity index (χ0) is 24.9. The highest BCUT2D eigenvalue weighted by Gasteiger charge is 2.29. The Morgan fingerprint density at radius 3 is 2.29 bits per heavy atom. The van der Waals surface area contributed by atoms with E-state index in [-0.39, 0.29) is 42.3 Å². The predicted molar refractivity (Wildman–Crippen MR) is 127 cm³/mol. The van der Waals surface area contributed by atoms with Gasteiger partial charge in [0.1, 0.15) is 19.0 Å². The molecular weight excluding hydrogens is 452 g/mol. The SMILES string of the molecule is O=Cc1cc(C(O)C(O)CCNC(=O)OCC2c3ccccc3-c3ccccc32)cc([N+](=O)[O-])c1. The number of benzene rings is 3. The van der Waals surface area contributed by atoms with E-state index in [2.05, 4.69) is 5.32 Å². The Morgan fingerprint density at radius 2 is 1.69 bits per heavy atom. The summed E-state index contributed by atoms with van der Waals surface area (Å²) >= 11 is 0. The molecule has 3 N–H and O–H groups in total. The van der Waals surface area contributed by atoms with Gasteiger partial charge in [0.15, 0.2) is 0 Å². The van der Waals surface area contributed by atoms with E-state index in [4.69, 9.17) is 4.74 Å². The predicted octanol–water partition coefficient (Wildman–Crippen LogP) is 3.73. The first kappa shape index (κ1) is 24.1. The van der Waals surface area contributed by atoms with Crippen LogP contribution in [-0.2, 0) is 4.74 Å². The number of rotatable bonds is 9. The molecule has 1 amide bonds. The topological polar surface area (TPSA) is 139 Å². The van der Waals surface area contributed by atoms with E-state index in [0.29, 0.717) is 6.29 Å². The maximum Gasteiger partial charge on any atom is 0.407 e. The van der Waals surface area contributed by atoms with Gasteiger partial charge in [0.2, 0.25) is 0 Å². The molecule has 0 heterocycles. The zero-order valence-corrected chi connectivity index (χ0v) is 18.7. The first-order valence-corrected chi connectivity index (χ1v) is 11.1. The number of aliphatic hydroxyl groups excluding tert-OH is 2. The average Bonchev–Trinajstić information content (AvgIpc) is 3.20. The summed E-state index contributed by atoms with van der Waals surface area (Å²) in [5.41, 5.74) is 4.10. The minimum absolute atomic E-state index is 0.00433. The lowest BCUT2D eigenvalue weighted by Crippen LogP contribution is -2.30. The fourth-order valence-electron chi connectivity index (χ4n) is 4.35. The molecule has 4 rings (SSSR count). The molecule has 0 saturated carbocycles. The van der Waals surface area contributed by atoms with E-state index >= 15 is 0 Å². The highest BCUT2D eigenvalue weighted by molar-refractivity contribution is 5.79. The van der Waals surface area contributed by atoms with Gasteiger partial charge in [-0.3, -0.25) is 14.9 Å². The summed E-state index contributed by atoms with van der Waals surface area (Å²) in [6.45, 7) is 0.150. The van der Waals surface area contributed by atoms with Crippen LogP contribution in [0.1, 0.15) is 45.5 Å². The van der Waals surface area contributed by atoms with Crippen molar-refractivity contribution in [1.29, 1.82) is 0 Å². The standard InChI is InChI=1S/C26H24N2O7/c29-14-16-11-17(13-18(12-16)28(33)34)25(31)24(30)9-10-27-26(32)35-15-23-21-7-3-1-5-19(21)20-6-2-4-8-22(20)23/h1-8,11-14,23-25,30-31H,9-10,15H2,(H,27,32). The monoisotopic (exact) mass is 476 g/mol. The van der Waals surface area contributed by atoms with Gasteiger partial charge in [-0.05, 0) is 40.3 Å². The van der Waals surface area contributed by atoms with Crippen molar-refractivity contribution in [1.82, 2.24) is 5.32 Å². The quantitative estimate of drug-likeness (QED) is 0.243. The van der Waals surface area contributed by atoms with Crippen molar-refractivity contribution >= 4 is 18.1 Å². The van der Waals surface area contributed by atoms with Crippen molar-refractivity contribution in [3.8, 4) is 11.1 Å². The van der Waals surface area contributed by atoms with Crippen molar-refractivity contribution < 1.29 is 29.5 Å². The molecule has 9 nitrogen and oxygen atoms in total. The minimum Gasteiger partial charge on any atom is -0.449 e. The second kappa shape index (κ2) is 10.5. The summed E-state index contributed by atoms with van der Waals surface area (Å²) in [7, 11) is 0. The molecular formula is C26H24N2O7. The van der Waals surface area contributed by atoms with Crippen LogP contribution < -0.4 is 5.32 Å². The van der Waals surface area contributed by atoms with E-state index < -0.39 is 23.2 Å². The lowest BCUT2D eigenvalue weighted by atomic mass is 9.98. The fourth-order valence-corrected chi connectivity index (χ4v) is 4.35. The Hall–Kier alpha value is -4.08. The second-order valence-electron chi connectivity index (χ2n) is 8.29. The maximum absolute atomic E-state index is 12.3. The second-order valence-corrected chi connectivity index (χ2v) is 8.29. The van der Waals surface area contributed by atoms with Crippen LogP contribution in [0, 0.1) is 10.1 Å². The van der Waals surface area contributed by atoms with E-state index in [1.807, 2.05) is 48.5 Å². The molecule has 3 aromatic carbocycles. The number of hydrogen-bond donors (Lipinski definition) is 3. The molecule has 180 valence electrons. The Morgan fingerprint density at radius 1 is 1.06 bits per heavy atom. The van der Waals surface area contributed by atoms with Crippen LogP contribution in [-0.4, -0.2) is 46.8 Å². The number of fused-ring (bicyclic) bond motifs is 3. The smallest absolute Gasteiger partial charge is 0.407 e. The third kappa shape index (κ3) is 5.21. The minimum atomic E-state index is -1.47. The molecule has 1 aliphatic rings. The molecule has 9 heteroatoms. The number of aldehydes is 1. The first-order chi connectivity index (χ1) is 16.9. The van der Waals surface area contributed by atoms with Gasteiger partial charge in [0.05, 0.1) is 11.0 Å². The third-order valence-corrected chi connectivity index (χ3v) is 6.07. The molecule has 3 aromatic rings. The number of hydrogen-bond acceptors (Lipinski definition) is 7. The molecule has 2 unspecified atom stereocenters. The first-order valence-electron chi connectivity index (χ1n) is 11.1. The number of non-ortho nitro benzene ring substituents is 1. The number of nitrogens with one attached hydrogen (secondary N) is 1. The molecule has 0 saturated heterocycles. The molecule has 0 bridgehead atoms. The molecule has 1 aliphatic carbocycles. The molecule has 0 aromatic heterocycles. The van der Waals surface area contributed by atoms with Gasteiger partial charge in [0.25, 0.3) is 5.69 Å². The summed E-state index contributed by atoms with van der Waals surface area (Å²) < 4.78 is 5.43. The molecule has 0 fully saturated rings. The Bertz CT molecular complexity index is 1210. The van der Waals surface area contributed by atoms with Gasteiger partial charge >= 0.3 is 6.09 Å². The fraction of sp³-hybridized carbons (Fsp3) is 0.231. The van der Waals surface area contributed by atoms with Crippen LogP contribution in [0.5, 0.6) is 0 Å². The van der Waals surface area contributed by atoms with Crippen molar-refractivity contribution in [3.05, 3.63) is 99.1 Å². The molecule has 35 heavy (non-hydrogen) atoms. The summed E-state index contributed by atoms with van der Waals surface area (Å²) in [6, 6.07) is 19.4. The average molecular weight is 476 g/mol. The Balaban J connectivity index is 1.30. The van der Waals surface area contributed by atoms with Gasteiger partial charge in [-0.25, -0.2) is 4.79 Å². The molecule has 0 spiro atoms. The van der Waals surface area contributed by atoms with Crippen molar-refractivity contribution in [2.24, 2.45) is 0 Å². The summed E-state index contributed by atoms with van der Waals surface area (Å²) in [5.74, 6) is -0.0820. The number of nitro benzene ring substituents is 1. The largest absolute Gasteiger partial charge is 0.449 e. The number of alkyl carbamates (subject to hydrolysis) is 1. The van der Waals surface area contributed by atoms with Gasteiger partial charge in [-0.1, -0.05) is 48.5 Å². The molecule has 0 radical (unpaired) electrons.